The topological polar surface area (TPSA) is 43.4 Å². The minimum atomic E-state index is -0.132. The predicted octanol–water partition coefficient (Wildman–Crippen LogP) is 1.47. The summed E-state index contributed by atoms with van der Waals surface area (Å²) in [6.07, 6.45) is 4.88. The molecule has 1 saturated carbocycles. The third-order valence-electron chi connectivity index (χ3n) is 3.20. The van der Waals surface area contributed by atoms with Gasteiger partial charge in [0.15, 0.2) is 5.78 Å². The number of methoxy groups -OCH3 is 1. The van der Waals surface area contributed by atoms with Gasteiger partial charge in [0.2, 0.25) is 0 Å². The van der Waals surface area contributed by atoms with Gasteiger partial charge in [0.1, 0.15) is 0 Å². The highest BCUT2D eigenvalue weighted by atomic mass is 16.5. The molecule has 76 valence electrons. The molecule has 2 aliphatic rings. The highest BCUT2D eigenvalue weighted by molar-refractivity contribution is 5.91. The summed E-state index contributed by atoms with van der Waals surface area (Å²) >= 11 is 0. The minimum absolute atomic E-state index is 0.0119. The van der Waals surface area contributed by atoms with Gasteiger partial charge in [-0.15, -0.1) is 0 Å². The van der Waals surface area contributed by atoms with Gasteiger partial charge in [-0.25, -0.2) is 0 Å². The van der Waals surface area contributed by atoms with Crippen molar-refractivity contribution in [1.29, 1.82) is 0 Å². The Morgan fingerprint density at radius 2 is 2.36 bits per heavy atom. The van der Waals surface area contributed by atoms with Gasteiger partial charge in [-0.2, -0.15) is 0 Å². The van der Waals surface area contributed by atoms with Crippen molar-refractivity contribution in [3.8, 4) is 0 Å². The van der Waals surface area contributed by atoms with E-state index in [1.807, 2.05) is 0 Å². The SMILES string of the molecule is COC(=O)[C@H]1CC2=CC(=O)CC[C@@H]2C1. The van der Waals surface area contributed by atoms with Crippen LogP contribution in [0.15, 0.2) is 11.6 Å². The molecule has 3 nitrogen and oxygen atoms in total. The van der Waals surface area contributed by atoms with Gasteiger partial charge in [-0.05, 0) is 31.3 Å². The maximum absolute atomic E-state index is 11.3. The maximum atomic E-state index is 11.3. The zero-order chi connectivity index (χ0) is 10.1. The first-order chi connectivity index (χ1) is 6.70. The van der Waals surface area contributed by atoms with Crippen LogP contribution in [0.2, 0.25) is 0 Å². The van der Waals surface area contributed by atoms with Crippen LogP contribution in [0, 0.1) is 11.8 Å². The summed E-state index contributed by atoms with van der Waals surface area (Å²) in [6.45, 7) is 0. The summed E-state index contributed by atoms with van der Waals surface area (Å²) < 4.78 is 4.72. The van der Waals surface area contributed by atoms with Gasteiger partial charge in [0, 0.05) is 6.42 Å². The molecule has 2 aliphatic carbocycles. The average Bonchev–Trinajstić information content (AvgIpc) is 2.59. The zero-order valence-corrected chi connectivity index (χ0v) is 8.29. The van der Waals surface area contributed by atoms with Crippen LogP contribution < -0.4 is 0 Å². The van der Waals surface area contributed by atoms with Gasteiger partial charge in [0.05, 0.1) is 13.0 Å². The molecule has 0 aromatic heterocycles. The van der Waals surface area contributed by atoms with Gasteiger partial charge >= 0.3 is 5.97 Å². The Hall–Kier alpha value is -1.12. The first-order valence-electron chi connectivity index (χ1n) is 5.02. The normalized spacial score (nSPS) is 30.9. The Morgan fingerprint density at radius 3 is 3.07 bits per heavy atom. The largest absolute Gasteiger partial charge is 0.469 e. The average molecular weight is 194 g/mol. The fraction of sp³-hybridized carbons (Fsp3) is 0.636. The van der Waals surface area contributed by atoms with E-state index >= 15 is 0 Å². The van der Waals surface area contributed by atoms with Crippen LogP contribution in [-0.2, 0) is 14.3 Å². The molecule has 3 heteroatoms. The van der Waals surface area contributed by atoms with Gasteiger partial charge in [0.25, 0.3) is 0 Å². The molecule has 0 unspecified atom stereocenters. The Labute approximate surface area is 83.1 Å². The lowest BCUT2D eigenvalue weighted by molar-refractivity contribution is -0.145. The molecule has 1 fully saturated rings. The molecule has 0 saturated heterocycles. The molecule has 0 heterocycles. The number of hydrogen-bond acceptors (Lipinski definition) is 3. The molecule has 0 radical (unpaired) electrons. The van der Waals surface area contributed by atoms with Crippen LogP contribution in [0.1, 0.15) is 25.7 Å². The number of fused-ring (bicyclic) bond motifs is 1. The molecule has 0 amide bonds. The summed E-state index contributed by atoms with van der Waals surface area (Å²) in [5, 5.41) is 0. The lowest BCUT2D eigenvalue weighted by atomic mass is 9.90. The maximum Gasteiger partial charge on any atom is 0.308 e. The van der Waals surface area contributed by atoms with E-state index in [-0.39, 0.29) is 17.7 Å². The van der Waals surface area contributed by atoms with E-state index in [0.717, 1.165) is 24.8 Å². The number of carbonyl (C=O) groups is 2. The zero-order valence-electron chi connectivity index (χ0n) is 8.29. The summed E-state index contributed by atoms with van der Waals surface area (Å²) in [7, 11) is 1.42. The first-order valence-corrected chi connectivity index (χ1v) is 5.02. The Balaban J connectivity index is 2.10. The van der Waals surface area contributed by atoms with Crippen molar-refractivity contribution in [2.75, 3.05) is 7.11 Å². The molecular formula is C11H14O3. The smallest absolute Gasteiger partial charge is 0.308 e. The number of hydrogen-bond donors (Lipinski definition) is 0. The number of esters is 1. The lowest BCUT2D eigenvalue weighted by Crippen LogP contribution is -2.13. The van der Waals surface area contributed by atoms with Crippen LogP contribution in [0.25, 0.3) is 0 Å². The highest BCUT2D eigenvalue weighted by Crippen LogP contribution is 2.41. The van der Waals surface area contributed by atoms with Crippen LogP contribution in [0.3, 0.4) is 0 Å². The number of carbonyl (C=O) groups excluding carboxylic acids is 2. The molecule has 0 aromatic rings. The summed E-state index contributed by atoms with van der Waals surface area (Å²) in [6, 6.07) is 0. The number of allylic oxidation sites excluding steroid dienone is 2. The van der Waals surface area contributed by atoms with Crippen molar-refractivity contribution < 1.29 is 14.3 Å². The van der Waals surface area contributed by atoms with Gasteiger partial charge < -0.3 is 4.74 Å². The van der Waals surface area contributed by atoms with E-state index in [9.17, 15) is 9.59 Å². The second kappa shape index (κ2) is 3.56. The number of ketones is 1. The third-order valence-corrected chi connectivity index (χ3v) is 3.20. The van der Waals surface area contributed by atoms with E-state index in [4.69, 9.17) is 4.74 Å². The van der Waals surface area contributed by atoms with Crippen LogP contribution in [0.5, 0.6) is 0 Å². The number of ether oxygens (including phenoxy) is 1. The second-order valence-electron chi connectivity index (χ2n) is 4.08. The molecular weight excluding hydrogens is 180 g/mol. The monoisotopic (exact) mass is 194 g/mol. The molecule has 0 N–H and O–H groups in total. The fourth-order valence-electron chi connectivity index (χ4n) is 2.45. The van der Waals surface area contributed by atoms with Crippen LogP contribution >= 0.6 is 0 Å². The fourth-order valence-corrected chi connectivity index (χ4v) is 2.45. The minimum Gasteiger partial charge on any atom is -0.469 e. The Kier molecular flexibility index (Phi) is 2.40. The van der Waals surface area contributed by atoms with Crippen molar-refractivity contribution in [2.45, 2.75) is 25.7 Å². The number of rotatable bonds is 1. The van der Waals surface area contributed by atoms with E-state index in [1.165, 1.54) is 7.11 Å². The van der Waals surface area contributed by atoms with E-state index in [1.54, 1.807) is 6.08 Å². The molecule has 2 atom stereocenters. The molecule has 0 aliphatic heterocycles. The van der Waals surface area contributed by atoms with E-state index in [0.29, 0.717) is 12.3 Å². The summed E-state index contributed by atoms with van der Waals surface area (Å²) in [4.78, 5) is 22.5. The van der Waals surface area contributed by atoms with Crippen molar-refractivity contribution in [2.24, 2.45) is 11.8 Å². The third kappa shape index (κ3) is 1.59. The first kappa shape index (κ1) is 9.44. The van der Waals surface area contributed by atoms with Crippen molar-refractivity contribution in [1.82, 2.24) is 0 Å². The quantitative estimate of drug-likeness (QED) is 0.594. The molecule has 14 heavy (non-hydrogen) atoms. The van der Waals surface area contributed by atoms with Crippen molar-refractivity contribution in [3.63, 3.8) is 0 Å². The predicted molar refractivity (Wildman–Crippen MR) is 50.6 cm³/mol. The molecule has 0 spiro atoms. The Morgan fingerprint density at radius 1 is 1.57 bits per heavy atom. The van der Waals surface area contributed by atoms with E-state index in [2.05, 4.69) is 0 Å². The van der Waals surface area contributed by atoms with Crippen LogP contribution in [0.4, 0.5) is 0 Å². The van der Waals surface area contributed by atoms with Crippen molar-refractivity contribution >= 4 is 11.8 Å². The summed E-state index contributed by atoms with van der Waals surface area (Å²) in [5.41, 5.74) is 1.16. The standard InChI is InChI=1S/C11H14O3/c1-14-11(13)9-4-7-2-3-10(12)6-8(7)5-9/h6-7,9H,2-5H2,1H3/t7-,9-/m1/s1. The Bertz CT molecular complexity index is 304. The summed E-state index contributed by atoms with van der Waals surface area (Å²) in [5.74, 6) is 0.522. The molecule has 0 bridgehead atoms. The highest BCUT2D eigenvalue weighted by Gasteiger charge is 2.36. The van der Waals surface area contributed by atoms with Crippen LogP contribution in [-0.4, -0.2) is 18.9 Å². The lowest BCUT2D eigenvalue weighted by Gasteiger charge is -2.15. The molecule has 2 rings (SSSR count). The molecule has 0 aromatic carbocycles. The van der Waals surface area contributed by atoms with Gasteiger partial charge in [-0.3, -0.25) is 9.59 Å². The van der Waals surface area contributed by atoms with Crippen molar-refractivity contribution in [3.05, 3.63) is 11.6 Å². The van der Waals surface area contributed by atoms with E-state index < -0.39 is 0 Å². The second-order valence-corrected chi connectivity index (χ2v) is 4.08. The van der Waals surface area contributed by atoms with Gasteiger partial charge in [-0.1, -0.05) is 5.57 Å².